The number of carbonyl (C=O) groups excluding carboxylic acids is 4. The number of ketones is 1. The first-order chi connectivity index (χ1) is 16.9. The molecule has 4 aliphatic carbocycles. The van der Waals surface area contributed by atoms with Crippen LogP contribution in [0.1, 0.15) is 92.4 Å². The lowest BCUT2D eigenvalue weighted by Crippen LogP contribution is -2.63. The summed E-state index contributed by atoms with van der Waals surface area (Å²) in [6.45, 7) is 9.76. The highest BCUT2D eigenvalue weighted by atomic mass is 16.5. The molecule has 7 nitrogen and oxygen atoms in total. The molecule has 0 aromatic rings. The Kier molecular flexibility index (Phi) is 7.60. The topological polar surface area (TPSA) is 96.0 Å². The number of carbonyl (C=O) groups is 4. The Hall–Kier alpha value is -1.92. The third-order valence-corrected chi connectivity index (χ3v) is 11.0. The highest BCUT2D eigenvalue weighted by Gasteiger charge is 2.67. The second-order valence-corrected chi connectivity index (χ2v) is 12.6. The van der Waals surface area contributed by atoms with Gasteiger partial charge in [0, 0.05) is 44.4 Å². The maximum absolute atomic E-state index is 12.4. The average Bonchev–Trinajstić information content (AvgIpc) is 3.16. The van der Waals surface area contributed by atoms with E-state index in [4.69, 9.17) is 14.2 Å². The molecule has 4 saturated carbocycles. The molecular formula is C29H44O7. The molecular weight excluding hydrogens is 460 g/mol. The van der Waals surface area contributed by atoms with E-state index < -0.39 is 0 Å². The summed E-state index contributed by atoms with van der Waals surface area (Å²) >= 11 is 0. The Morgan fingerprint density at radius 2 is 1.72 bits per heavy atom. The SMILES string of the molecule is COC(=O)CCC(C)C1CCC2C3C(C[C@H](OC(C)=O)[C@]12C)[C@@]1(C)CCC(=O)C[C@H]1C[C@H]3OC(C)=O. The summed E-state index contributed by atoms with van der Waals surface area (Å²) in [5, 5.41) is 0. The highest BCUT2D eigenvalue weighted by Crippen LogP contribution is 2.69. The molecule has 7 heteroatoms. The lowest BCUT2D eigenvalue weighted by atomic mass is 9.43. The molecule has 0 aromatic heterocycles. The van der Waals surface area contributed by atoms with Gasteiger partial charge in [0.05, 0.1) is 7.11 Å². The normalized spacial score (nSPS) is 42.4. The lowest BCUT2D eigenvalue weighted by Gasteiger charge is -2.63. The molecule has 0 heterocycles. The summed E-state index contributed by atoms with van der Waals surface area (Å²) in [5.41, 5.74) is -0.308. The van der Waals surface area contributed by atoms with Gasteiger partial charge in [0.2, 0.25) is 0 Å². The molecule has 10 atom stereocenters. The van der Waals surface area contributed by atoms with Crippen molar-refractivity contribution >= 4 is 23.7 Å². The van der Waals surface area contributed by atoms with Gasteiger partial charge in [-0.15, -0.1) is 0 Å². The molecule has 0 N–H and O–H groups in total. The van der Waals surface area contributed by atoms with Crippen LogP contribution in [0, 0.1) is 46.3 Å². The minimum Gasteiger partial charge on any atom is -0.469 e. The Balaban J connectivity index is 1.72. The molecule has 4 aliphatic rings. The molecule has 0 aliphatic heterocycles. The first-order valence-corrected chi connectivity index (χ1v) is 13.8. The van der Waals surface area contributed by atoms with Crippen molar-refractivity contribution in [3.8, 4) is 0 Å². The van der Waals surface area contributed by atoms with E-state index >= 15 is 0 Å². The van der Waals surface area contributed by atoms with Gasteiger partial charge in [-0.25, -0.2) is 0 Å². The van der Waals surface area contributed by atoms with E-state index in [1.165, 1.54) is 21.0 Å². The van der Waals surface area contributed by atoms with Crippen molar-refractivity contribution in [3.63, 3.8) is 0 Å². The van der Waals surface area contributed by atoms with E-state index in [9.17, 15) is 19.2 Å². The number of fused-ring (bicyclic) bond motifs is 5. The van der Waals surface area contributed by atoms with E-state index in [1.807, 2.05) is 0 Å². The molecule has 4 fully saturated rings. The fourth-order valence-corrected chi connectivity index (χ4v) is 9.25. The van der Waals surface area contributed by atoms with Crippen LogP contribution in [0.5, 0.6) is 0 Å². The number of Topliss-reactive ketones (excluding diaryl/α,β-unsaturated/α-hetero) is 1. The summed E-state index contributed by atoms with van der Waals surface area (Å²) in [5.74, 6) is 0.944. The Morgan fingerprint density at radius 3 is 2.36 bits per heavy atom. The van der Waals surface area contributed by atoms with Crippen LogP contribution in [-0.2, 0) is 33.4 Å². The Labute approximate surface area is 215 Å². The molecule has 0 bridgehead atoms. The van der Waals surface area contributed by atoms with Crippen molar-refractivity contribution in [1.82, 2.24) is 0 Å². The van der Waals surface area contributed by atoms with E-state index in [0.717, 1.165) is 38.5 Å². The maximum Gasteiger partial charge on any atom is 0.305 e. The average molecular weight is 505 g/mol. The number of esters is 3. The molecule has 0 amide bonds. The molecule has 0 spiro atoms. The van der Waals surface area contributed by atoms with Gasteiger partial charge < -0.3 is 14.2 Å². The number of hydrogen-bond acceptors (Lipinski definition) is 7. The summed E-state index contributed by atoms with van der Waals surface area (Å²) in [6, 6.07) is 0. The van der Waals surface area contributed by atoms with Gasteiger partial charge in [-0.05, 0) is 73.5 Å². The molecule has 0 radical (unpaired) electrons. The standard InChI is InChI=1S/C29H44O7/c1-16(7-10-26(33)34-6)21-8-9-22-27-23(15-25(29(21,22)5)36-18(3)31)28(4)12-11-20(32)13-19(28)14-24(27)35-17(2)30/h16,19,21-25,27H,7-15H2,1-6H3/t16?,19-,21?,22?,23?,24+,25-,27?,28-,29+/m0/s1. The van der Waals surface area contributed by atoms with Crippen LogP contribution in [0.25, 0.3) is 0 Å². The smallest absolute Gasteiger partial charge is 0.305 e. The molecule has 5 unspecified atom stereocenters. The van der Waals surface area contributed by atoms with Gasteiger partial charge in [-0.1, -0.05) is 20.8 Å². The van der Waals surface area contributed by atoms with Crippen molar-refractivity contribution in [3.05, 3.63) is 0 Å². The minimum atomic E-state index is -0.269. The van der Waals surface area contributed by atoms with Crippen LogP contribution in [0.2, 0.25) is 0 Å². The van der Waals surface area contributed by atoms with Crippen molar-refractivity contribution in [1.29, 1.82) is 0 Å². The van der Waals surface area contributed by atoms with E-state index in [2.05, 4.69) is 20.8 Å². The highest BCUT2D eigenvalue weighted by molar-refractivity contribution is 5.79. The van der Waals surface area contributed by atoms with Crippen LogP contribution in [0.15, 0.2) is 0 Å². The zero-order valence-corrected chi connectivity index (χ0v) is 22.8. The van der Waals surface area contributed by atoms with Gasteiger partial charge in [0.15, 0.2) is 0 Å². The van der Waals surface area contributed by atoms with Crippen LogP contribution in [0.4, 0.5) is 0 Å². The first kappa shape index (κ1) is 27.1. The second-order valence-electron chi connectivity index (χ2n) is 12.6. The quantitative estimate of drug-likeness (QED) is 0.375. The van der Waals surface area contributed by atoms with Gasteiger partial charge in [-0.2, -0.15) is 0 Å². The summed E-state index contributed by atoms with van der Waals surface area (Å²) in [6.07, 6.45) is 6.09. The third kappa shape index (κ3) is 4.60. The minimum absolute atomic E-state index is 0.0382. The van der Waals surface area contributed by atoms with E-state index in [0.29, 0.717) is 25.0 Å². The van der Waals surface area contributed by atoms with Gasteiger partial charge in [0.1, 0.15) is 18.0 Å². The fourth-order valence-electron chi connectivity index (χ4n) is 9.25. The summed E-state index contributed by atoms with van der Waals surface area (Å²) in [4.78, 5) is 48.9. The number of rotatable bonds is 6. The van der Waals surface area contributed by atoms with Crippen molar-refractivity contribution in [2.45, 2.75) is 105 Å². The molecule has 0 saturated heterocycles. The summed E-state index contributed by atoms with van der Waals surface area (Å²) < 4.78 is 17.0. The monoisotopic (exact) mass is 504 g/mol. The van der Waals surface area contributed by atoms with Crippen LogP contribution >= 0.6 is 0 Å². The zero-order valence-electron chi connectivity index (χ0n) is 22.8. The van der Waals surface area contributed by atoms with Crippen molar-refractivity contribution in [2.75, 3.05) is 7.11 Å². The van der Waals surface area contributed by atoms with Crippen LogP contribution < -0.4 is 0 Å². The lowest BCUT2D eigenvalue weighted by molar-refractivity contribution is -0.219. The fraction of sp³-hybridized carbons (Fsp3) is 0.862. The summed E-state index contributed by atoms with van der Waals surface area (Å²) in [7, 11) is 1.42. The maximum atomic E-state index is 12.4. The van der Waals surface area contributed by atoms with E-state index in [1.54, 1.807) is 0 Å². The van der Waals surface area contributed by atoms with Gasteiger partial charge in [0.25, 0.3) is 0 Å². The zero-order chi connectivity index (χ0) is 26.4. The molecule has 0 aromatic carbocycles. The predicted molar refractivity (Wildman–Crippen MR) is 133 cm³/mol. The number of methoxy groups -OCH3 is 1. The predicted octanol–water partition coefficient (Wildman–Crippen LogP) is 4.89. The third-order valence-electron chi connectivity index (χ3n) is 11.0. The number of hydrogen-bond donors (Lipinski definition) is 0. The van der Waals surface area contributed by atoms with Crippen molar-refractivity contribution in [2.24, 2.45) is 46.3 Å². The van der Waals surface area contributed by atoms with E-state index in [-0.39, 0.29) is 76.5 Å². The molecule has 202 valence electrons. The Morgan fingerprint density at radius 1 is 1.03 bits per heavy atom. The first-order valence-electron chi connectivity index (χ1n) is 13.8. The van der Waals surface area contributed by atoms with Gasteiger partial charge >= 0.3 is 17.9 Å². The largest absolute Gasteiger partial charge is 0.469 e. The molecule has 36 heavy (non-hydrogen) atoms. The number of ether oxygens (including phenoxy) is 3. The van der Waals surface area contributed by atoms with Gasteiger partial charge in [-0.3, -0.25) is 19.2 Å². The Bertz CT molecular complexity index is 898. The van der Waals surface area contributed by atoms with Crippen LogP contribution in [-0.4, -0.2) is 43.0 Å². The molecule has 4 rings (SSSR count). The van der Waals surface area contributed by atoms with Crippen LogP contribution in [0.3, 0.4) is 0 Å². The second kappa shape index (κ2) is 10.1. The van der Waals surface area contributed by atoms with Crippen molar-refractivity contribution < 1.29 is 33.4 Å².